The van der Waals surface area contributed by atoms with Gasteiger partial charge in [0.1, 0.15) is 11.9 Å². The van der Waals surface area contributed by atoms with E-state index in [0.29, 0.717) is 6.20 Å². The number of sulfonamides is 1. The highest BCUT2D eigenvalue weighted by Gasteiger charge is 2.31. The van der Waals surface area contributed by atoms with E-state index in [2.05, 4.69) is 10.1 Å². The third-order valence-corrected chi connectivity index (χ3v) is 2.77. The van der Waals surface area contributed by atoms with Crippen LogP contribution in [0.25, 0.3) is 0 Å². The molecule has 11 heteroatoms. The van der Waals surface area contributed by atoms with E-state index in [-0.39, 0.29) is 0 Å². The van der Waals surface area contributed by atoms with Crippen LogP contribution in [0, 0.1) is 10.1 Å². The van der Waals surface area contributed by atoms with Crippen LogP contribution in [0.4, 0.5) is 20.2 Å². The van der Waals surface area contributed by atoms with Crippen molar-refractivity contribution in [2.24, 2.45) is 5.14 Å². The highest BCUT2D eigenvalue weighted by Crippen LogP contribution is 2.33. The Balaban J connectivity index is 3.72. The van der Waals surface area contributed by atoms with Gasteiger partial charge in [-0.25, -0.2) is 27.3 Å². The second-order valence-electron chi connectivity index (χ2n) is 2.87. The number of rotatable bonds is 3. The molecule has 1 aromatic heterocycles. The largest absolute Gasteiger partial charge is 0.396 e. The fourth-order valence-electron chi connectivity index (χ4n) is 1.12. The zero-order valence-electron chi connectivity index (χ0n) is 8.00. The number of nitrogen functional groups attached to an aromatic ring is 1. The lowest BCUT2D eigenvalue weighted by molar-refractivity contribution is -0.388. The summed E-state index contributed by atoms with van der Waals surface area (Å²) in [4.78, 5) is 11.3. The van der Waals surface area contributed by atoms with E-state index in [0.717, 1.165) is 0 Å². The summed E-state index contributed by atoms with van der Waals surface area (Å²) >= 11 is 0. The molecule has 0 radical (unpaired) electrons. The van der Waals surface area contributed by atoms with Crippen molar-refractivity contribution in [3.63, 3.8) is 0 Å². The van der Waals surface area contributed by atoms with Gasteiger partial charge < -0.3 is 5.73 Å². The van der Waals surface area contributed by atoms with E-state index in [1.165, 1.54) is 0 Å². The number of nitrogens with two attached hydrogens (primary N) is 2. The Labute approximate surface area is 93.4 Å². The van der Waals surface area contributed by atoms with Gasteiger partial charge in [-0.2, -0.15) is 0 Å². The van der Waals surface area contributed by atoms with E-state index in [4.69, 9.17) is 5.73 Å². The molecule has 8 nitrogen and oxygen atoms in total. The summed E-state index contributed by atoms with van der Waals surface area (Å²) in [5.41, 5.74) is 1.97. The lowest BCUT2D eigenvalue weighted by Gasteiger charge is -2.08. The Morgan fingerprint density at radius 1 is 1.47 bits per heavy atom. The van der Waals surface area contributed by atoms with Crippen LogP contribution < -0.4 is 10.9 Å². The van der Waals surface area contributed by atoms with Crippen LogP contribution in [-0.4, -0.2) is 18.3 Å². The fourth-order valence-corrected chi connectivity index (χ4v) is 1.95. The second-order valence-corrected chi connectivity index (χ2v) is 4.37. The molecule has 0 aromatic carbocycles. The van der Waals surface area contributed by atoms with Crippen molar-refractivity contribution in [1.82, 2.24) is 4.98 Å². The van der Waals surface area contributed by atoms with Crippen LogP contribution in [0.15, 0.2) is 11.1 Å². The molecule has 1 rings (SSSR count). The lowest BCUT2D eigenvalue weighted by atomic mass is 10.3. The Morgan fingerprint density at radius 3 is 2.35 bits per heavy atom. The summed E-state index contributed by atoms with van der Waals surface area (Å²) in [7, 11) is -4.61. The third kappa shape index (κ3) is 2.45. The van der Waals surface area contributed by atoms with Gasteiger partial charge in [0.2, 0.25) is 10.0 Å². The van der Waals surface area contributed by atoms with Crippen molar-refractivity contribution in [3.8, 4) is 0 Å². The van der Waals surface area contributed by atoms with Gasteiger partial charge in [-0.3, -0.25) is 10.1 Å². The number of halogens is 2. The van der Waals surface area contributed by atoms with E-state index in [9.17, 15) is 27.3 Å². The SMILES string of the molecule is Nc1c(C(F)F)ncc([N+](=O)[O-])c1S(N)(=O)=O. The molecule has 1 heterocycles. The summed E-state index contributed by atoms with van der Waals surface area (Å²) in [5.74, 6) is 0. The molecular weight excluding hydrogens is 262 g/mol. The molecule has 0 bridgehead atoms. The zero-order valence-corrected chi connectivity index (χ0v) is 8.82. The predicted octanol–water partition coefficient (Wildman–Crippen LogP) is 0.157. The van der Waals surface area contributed by atoms with Crippen molar-refractivity contribution < 1.29 is 22.1 Å². The molecule has 4 N–H and O–H groups in total. The Hall–Kier alpha value is -1.88. The Kier molecular flexibility index (Phi) is 3.24. The monoisotopic (exact) mass is 268 g/mol. The number of hydrogen-bond acceptors (Lipinski definition) is 6. The third-order valence-electron chi connectivity index (χ3n) is 1.77. The fraction of sp³-hybridized carbons (Fsp3) is 0.167. The standard InChI is InChI=1S/C6H6F2N4O4S/c7-6(8)4-3(9)5(17(10,15)16)2(1-11-4)12(13)14/h1,6H,9H2,(H2,10,15,16). The van der Waals surface area contributed by atoms with Gasteiger partial charge >= 0.3 is 5.69 Å². The number of anilines is 1. The van der Waals surface area contributed by atoms with Crippen LogP contribution >= 0.6 is 0 Å². The van der Waals surface area contributed by atoms with Gasteiger partial charge in [-0.1, -0.05) is 0 Å². The molecule has 0 spiro atoms. The van der Waals surface area contributed by atoms with Crippen LogP contribution in [-0.2, 0) is 10.0 Å². The minimum Gasteiger partial charge on any atom is -0.396 e. The highest BCUT2D eigenvalue weighted by atomic mass is 32.2. The molecule has 0 aliphatic carbocycles. The molecule has 0 atom stereocenters. The van der Waals surface area contributed by atoms with Crippen molar-refractivity contribution >= 4 is 21.4 Å². The Morgan fingerprint density at radius 2 is 2.00 bits per heavy atom. The van der Waals surface area contributed by atoms with E-state index in [1.54, 1.807) is 0 Å². The van der Waals surface area contributed by atoms with E-state index >= 15 is 0 Å². The molecule has 0 unspecified atom stereocenters. The molecule has 0 saturated heterocycles. The molecule has 0 aliphatic heterocycles. The zero-order chi connectivity index (χ0) is 13.4. The maximum Gasteiger partial charge on any atom is 0.309 e. The Bertz CT molecular complexity index is 574. The number of aromatic nitrogens is 1. The van der Waals surface area contributed by atoms with Gasteiger partial charge in [-0.05, 0) is 0 Å². The molecule has 17 heavy (non-hydrogen) atoms. The minimum absolute atomic E-state index is 0.373. The summed E-state index contributed by atoms with van der Waals surface area (Å²) in [6, 6.07) is 0. The topological polar surface area (TPSA) is 142 Å². The molecule has 94 valence electrons. The summed E-state index contributed by atoms with van der Waals surface area (Å²) in [6.07, 6.45) is -2.80. The van der Waals surface area contributed by atoms with Crippen molar-refractivity contribution in [1.29, 1.82) is 0 Å². The quantitative estimate of drug-likeness (QED) is 0.590. The second kappa shape index (κ2) is 4.18. The number of nitrogens with zero attached hydrogens (tertiary/aromatic N) is 2. The number of primary sulfonamides is 1. The smallest absolute Gasteiger partial charge is 0.309 e. The number of pyridine rings is 1. The van der Waals surface area contributed by atoms with Crippen LogP contribution in [0.1, 0.15) is 12.1 Å². The molecule has 0 saturated carbocycles. The average molecular weight is 268 g/mol. The number of nitro groups is 1. The van der Waals surface area contributed by atoms with Crippen LogP contribution in [0.5, 0.6) is 0 Å². The van der Waals surface area contributed by atoms with Crippen molar-refractivity contribution in [2.45, 2.75) is 11.3 Å². The summed E-state index contributed by atoms with van der Waals surface area (Å²) in [5, 5.41) is 15.2. The normalized spacial score (nSPS) is 11.8. The molecular formula is C6H6F2N4O4S. The van der Waals surface area contributed by atoms with Gasteiger partial charge in [0.05, 0.1) is 10.6 Å². The highest BCUT2D eigenvalue weighted by molar-refractivity contribution is 7.89. The first-order valence-corrected chi connectivity index (χ1v) is 5.44. The average Bonchev–Trinajstić information content (AvgIpc) is 2.14. The van der Waals surface area contributed by atoms with E-state index < -0.39 is 43.3 Å². The first kappa shape index (κ1) is 13.2. The summed E-state index contributed by atoms with van der Waals surface area (Å²) in [6.45, 7) is 0. The lowest BCUT2D eigenvalue weighted by Crippen LogP contribution is -2.18. The predicted molar refractivity (Wildman–Crippen MR) is 51.6 cm³/mol. The minimum atomic E-state index is -4.61. The number of hydrogen-bond donors (Lipinski definition) is 2. The molecule has 0 aliphatic rings. The van der Waals surface area contributed by atoms with Crippen molar-refractivity contribution in [2.75, 3.05) is 5.73 Å². The maximum atomic E-state index is 12.4. The first-order chi connectivity index (χ1) is 7.66. The summed E-state index contributed by atoms with van der Waals surface area (Å²) < 4.78 is 46.9. The van der Waals surface area contributed by atoms with E-state index in [1.807, 2.05) is 0 Å². The van der Waals surface area contributed by atoms with Gasteiger partial charge in [0.15, 0.2) is 4.90 Å². The molecule has 0 fully saturated rings. The van der Waals surface area contributed by atoms with Gasteiger partial charge in [0, 0.05) is 0 Å². The number of alkyl halides is 2. The van der Waals surface area contributed by atoms with Crippen LogP contribution in [0.3, 0.4) is 0 Å². The van der Waals surface area contributed by atoms with Crippen LogP contribution in [0.2, 0.25) is 0 Å². The maximum absolute atomic E-state index is 12.4. The molecule has 0 amide bonds. The van der Waals surface area contributed by atoms with Gasteiger partial charge in [-0.15, -0.1) is 0 Å². The first-order valence-electron chi connectivity index (χ1n) is 3.90. The molecule has 1 aromatic rings. The van der Waals surface area contributed by atoms with Crippen molar-refractivity contribution in [3.05, 3.63) is 22.0 Å². The van der Waals surface area contributed by atoms with Gasteiger partial charge in [0.25, 0.3) is 6.43 Å².